The molecule has 7 heteroatoms. The Morgan fingerprint density at radius 1 is 1.47 bits per heavy atom. The summed E-state index contributed by atoms with van der Waals surface area (Å²) in [6.07, 6.45) is 1.09. The average Bonchev–Trinajstić information content (AvgIpc) is 2.27. The molecule has 0 aromatic heterocycles. The van der Waals surface area contributed by atoms with E-state index in [9.17, 15) is 12.8 Å². The molecule has 0 radical (unpaired) electrons. The molecule has 0 aliphatic heterocycles. The quantitative estimate of drug-likeness (QED) is 0.834. The number of hydrogen-bond acceptors (Lipinski definition) is 4. The number of hydrogen-bond donors (Lipinski definition) is 1. The van der Waals surface area contributed by atoms with Crippen molar-refractivity contribution in [3.05, 3.63) is 35.1 Å². The molecule has 0 heterocycles. The number of rotatable bonds is 6. The van der Waals surface area contributed by atoms with Crippen LogP contribution in [0, 0.1) is 17.1 Å². The fourth-order valence-electron chi connectivity index (χ4n) is 1.59. The van der Waals surface area contributed by atoms with Gasteiger partial charge in [-0.05, 0) is 30.8 Å². The Hall–Kier alpha value is -1.49. The Morgan fingerprint density at radius 3 is 2.74 bits per heavy atom. The zero-order valence-corrected chi connectivity index (χ0v) is 11.7. The maximum atomic E-state index is 13.1. The monoisotopic (exact) mass is 285 g/mol. The van der Waals surface area contributed by atoms with Crippen LogP contribution in [0.15, 0.2) is 18.2 Å². The molecule has 1 N–H and O–H groups in total. The highest BCUT2D eigenvalue weighted by molar-refractivity contribution is 7.88. The van der Waals surface area contributed by atoms with E-state index < -0.39 is 15.8 Å². The molecule has 5 nitrogen and oxygen atoms in total. The largest absolute Gasteiger partial charge is 0.301 e. The second-order valence-electron chi connectivity index (χ2n) is 4.32. The van der Waals surface area contributed by atoms with Crippen LogP contribution in [0.25, 0.3) is 0 Å². The molecule has 0 saturated carbocycles. The first-order valence-corrected chi connectivity index (χ1v) is 7.52. The Bertz CT molecular complexity index is 581. The number of nitriles is 1. The van der Waals surface area contributed by atoms with Crippen LogP contribution in [0.2, 0.25) is 0 Å². The minimum Gasteiger partial charge on any atom is -0.301 e. The van der Waals surface area contributed by atoms with Gasteiger partial charge in [0.25, 0.3) is 0 Å². The lowest BCUT2D eigenvalue weighted by molar-refractivity contribution is 0.331. The lowest BCUT2D eigenvalue weighted by Gasteiger charge is -2.17. The lowest BCUT2D eigenvalue weighted by Crippen LogP contribution is -2.32. The molecule has 0 atom stereocenters. The van der Waals surface area contributed by atoms with Gasteiger partial charge in [-0.1, -0.05) is 0 Å². The van der Waals surface area contributed by atoms with E-state index in [0.29, 0.717) is 24.2 Å². The Balaban J connectivity index is 2.60. The summed E-state index contributed by atoms with van der Waals surface area (Å²) in [5.74, 6) is -0.392. The summed E-state index contributed by atoms with van der Waals surface area (Å²) < 4.78 is 37.3. The summed E-state index contributed by atoms with van der Waals surface area (Å²) in [5, 5.41) is 8.92. The van der Waals surface area contributed by atoms with Gasteiger partial charge in [-0.2, -0.15) is 5.26 Å². The number of benzene rings is 1. The van der Waals surface area contributed by atoms with Crippen LogP contribution < -0.4 is 4.72 Å². The molecule has 0 spiro atoms. The SMILES string of the molecule is CN(CCNS(C)(=O)=O)Cc1cc(F)ccc1C#N. The van der Waals surface area contributed by atoms with E-state index in [0.717, 1.165) is 6.26 Å². The first kappa shape index (κ1) is 15.6. The number of sulfonamides is 1. The lowest BCUT2D eigenvalue weighted by atomic mass is 10.1. The summed E-state index contributed by atoms with van der Waals surface area (Å²) >= 11 is 0. The summed E-state index contributed by atoms with van der Waals surface area (Å²) in [4.78, 5) is 1.81. The van der Waals surface area contributed by atoms with Gasteiger partial charge in [0.1, 0.15) is 5.82 Å². The van der Waals surface area contributed by atoms with E-state index in [1.54, 1.807) is 7.05 Å². The second kappa shape index (κ2) is 6.61. The van der Waals surface area contributed by atoms with Crippen molar-refractivity contribution in [3.63, 3.8) is 0 Å². The van der Waals surface area contributed by atoms with Gasteiger partial charge >= 0.3 is 0 Å². The zero-order chi connectivity index (χ0) is 14.5. The van der Waals surface area contributed by atoms with Crippen LogP contribution in [0.1, 0.15) is 11.1 Å². The maximum Gasteiger partial charge on any atom is 0.208 e. The molecule has 1 aromatic rings. The maximum absolute atomic E-state index is 13.1. The molecule has 0 aliphatic carbocycles. The number of nitrogens with one attached hydrogen (secondary N) is 1. The Labute approximate surface area is 112 Å². The summed E-state index contributed by atoms with van der Waals surface area (Å²) in [6.45, 7) is 1.12. The van der Waals surface area contributed by atoms with Gasteiger partial charge in [0.2, 0.25) is 10.0 Å². The molecular weight excluding hydrogens is 269 g/mol. The van der Waals surface area contributed by atoms with Gasteiger partial charge in [0.15, 0.2) is 0 Å². The van der Waals surface area contributed by atoms with Crippen molar-refractivity contribution in [2.24, 2.45) is 0 Å². The molecule has 0 bridgehead atoms. The fourth-order valence-corrected chi connectivity index (χ4v) is 2.06. The van der Waals surface area contributed by atoms with Crippen molar-refractivity contribution in [3.8, 4) is 6.07 Å². The molecule has 0 saturated heterocycles. The minimum absolute atomic E-state index is 0.270. The van der Waals surface area contributed by atoms with Crippen molar-refractivity contribution in [2.45, 2.75) is 6.54 Å². The van der Waals surface area contributed by atoms with E-state index in [-0.39, 0.29) is 6.54 Å². The van der Waals surface area contributed by atoms with Crippen LogP contribution in [-0.2, 0) is 16.6 Å². The van der Waals surface area contributed by atoms with Crippen molar-refractivity contribution < 1.29 is 12.8 Å². The van der Waals surface area contributed by atoms with Gasteiger partial charge in [-0.15, -0.1) is 0 Å². The Morgan fingerprint density at radius 2 is 2.16 bits per heavy atom. The fraction of sp³-hybridized carbons (Fsp3) is 0.417. The van der Waals surface area contributed by atoms with Crippen molar-refractivity contribution in [2.75, 3.05) is 26.4 Å². The predicted molar refractivity (Wildman–Crippen MR) is 70.3 cm³/mol. The molecule has 0 aliphatic rings. The van der Waals surface area contributed by atoms with Gasteiger partial charge in [-0.3, -0.25) is 0 Å². The van der Waals surface area contributed by atoms with E-state index >= 15 is 0 Å². The van der Waals surface area contributed by atoms with Crippen molar-refractivity contribution >= 4 is 10.0 Å². The molecule has 0 amide bonds. The summed E-state index contributed by atoms with van der Waals surface area (Å²) in [7, 11) is -1.43. The highest BCUT2D eigenvalue weighted by Crippen LogP contribution is 2.12. The predicted octanol–water partition coefficient (Wildman–Crippen LogP) is 0.678. The third kappa shape index (κ3) is 5.79. The molecule has 1 rings (SSSR count). The smallest absolute Gasteiger partial charge is 0.208 e. The number of nitrogens with zero attached hydrogens (tertiary/aromatic N) is 2. The van der Waals surface area contributed by atoms with Gasteiger partial charge < -0.3 is 4.90 Å². The first-order chi connectivity index (χ1) is 8.81. The topological polar surface area (TPSA) is 73.2 Å². The first-order valence-electron chi connectivity index (χ1n) is 5.63. The number of likely N-dealkylation sites (N-methyl/N-ethyl adjacent to an activating group) is 1. The van der Waals surface area contributed by atoms with E-state index in [1.165, 1.54) is 18.2 Å². The molecule has 0 unspecified atom stereocenters. The van der Waals surface area contributed by atoms with Crippen LogP contribution >= 0.6 is 0 Å². The molecular formula is C12H16FN3O2S. The third-order valence-corrected chi connectivity index (χ3v) is 3.21. The van der Waals surface area contributed by atoms with E-state index in [4.69, 9.17) is 5.26 Å². The van der Waals surface area contributed by atoms with Crippen LogP contribution in [0.3, 0.4) is 0 Å². The van der Waals surface area contributed by atoms with E-state index in [2.05, 4.69) is 4.72 Å². The van der Waals surface area contributed by atoms with Gasteiger partial charge in [-0.25, -0.2) is 17.5 Å². The van der Waals surface area contributed by atoms with Crippen LogP contribution in [0.4, 0.5) is 4.39 Å². The molecule has 0 fully saturated rings. The molecule has 19 heavy (non-hydrogen) atoms. The van der Waals surface area contributed by atoms with Gasteiger partial charge in [0.05, 0.1) is 17.9 Å². The Kier molecular flexibility index (Phi) is 5.42. The number of halogens is 1. The molecule has 1 aromatic carbocycles. The van der Waals surface area contributed by atoms with Crippen molar-refractivity contribution in [1.29, 1.82) is 5.26 Å². The highest BCUT2D eigenvalue weighted by atomic mass is 32.2. The second-order valence-corrected chi connectivity index (χ2v) is 6.15. The highest BCUT2D eigenvalue weighted by Gasteiger charge is 2.08. The van der Waals surface area contributed by atoms with Gasteiger partial charge in [0, 0.05) is 19.6 Å². The summed E-state index contributed by atoms with van der Waals surface area (Å²) in [5.41, 5.74) is 1.01. The average molecular weight is 285 g/mol. The third-order valence-electron chi connectivity index (χ3n) is 2.49. The van der Waals surface area contributed by atoms with Crippen molar-refractivity contribution in [1.82, 2.24) is 9.62 Å². The minimum atomic E-state index is -3.20. The van der Waals surface area contributed by atoms with E-state index in [1.807, 2.05) is 11.0 Å². The van der Waals surface area contributed by atoms with Crippen LogP contribution in [0.5, 0.6) is 0 Å². The zero-order valence-electron chi connectivity index (χ0n) is 10.9. The normalized spacial score (nSPS) is 11.5. The standard InChI is InChI=1S/C12H16FN3O2S/c1-16(6-5-15-19(2,17)18)9-11-7-12(13)4-3-10(11)8-14/h3-4,7,15H,5-6,9H2,1-2H3. The van der Waals surface area contributed by atoms with Crippen LogP contribution in [-0.4, -0.2) is 39.7 Å². The molecule has 104 valence electrons. The summed E-state index contributed by atoms with van der Waals surface area (Å²) in [6, 6.07) is 6.00.